The first-order valence-corrected chi connectivity index (χ1v) is 10.1. The van der Waals surface area contributed by atoms with Crippen LogP contribution in [-0.4, -0.2) is 26.4 Å². The molecule has 146 valence electrons. The third kappa shape index (κ3) is 5.27. The van der Waals surface area contributed by atoms with Crippen LogP contribution in [0.5, 0.6) is 5.75 Å². The van der Waals surface area contributed by atoms with Crippen LogP contribution in [0.15, 0.2) is 53.7 Å². The lowest BCUT2D eigenvalue weighted by Gasteiger charge is -2.14. The molecule has 1 aromatic heterocycles. The highest BCUT2D eigenvalue weighted by Crippen LogP contribution is 2.25. The second-order valence-corrected chi connectivity index (χ2v) is 7.70. The molecule has 0 bridgehead atoms. The van der Waals surface area contributed by atoms with Gasteiger partial charge in [-0.25, -0.2) is 0 Å². The summed E-state index contributed by atoms with van der Waals surface area (Å²) in [6.45, 7) is 3.90. The lowest BCUT2D eigenvalue weighted by molar-refractivity contribution is -0.113. The lowest BCUT2D eigenvalue weighted by atomic mass is 10.2. The summed E-state index contributed by atoms with van der Waals surface area (Å²) < 4.78 is 7.73. The highest BCUT2D eigenvalue weighted by atomic mass is 35.5. The maximum Gasteiger partial charge on any atom is 0.234 e. The number of hydrogen-bond donors (Lipinski definition) is 1. The Kier molecular flexibility index (Phi) is 6.59. The van der Waals surface area contributed by atoms with Gasteiger partial charge in [-0.3, -0.25) is 4.79 Å². The number of thioether (sulfide) groups is 1. The Hall–Kier alpha value is -2.51. The first-order chi connectivity index (χ1) is 13.4. The van der Waals surface area contributed by atoms with Crippen LogP contribution in [0.4, 0.5) is 5.69 Å². The molecule has 1 unspecified atom stereocenters. The Morgan fingerprint density at radius 3 is 2.71 bits per heavy atom. The second kappa shape index (κ2) is 9.12. The Morgan fingerprint density at radius 2 is 2.00 bits per heavy atom. The number of carbonyl (C=O) groups is 1. The average Bonchev–Trinajstić information content (AvgIpc) is 3.02. The fourth-order valence-corrected chi connectivity index (χ4v) is 3.47. The first-order valence-electron chi connectivity index (χ1n) is 8.73. The molecule has 0 aliphatic heterocycles. The van der Waals surface area contributed by atoms with E-state index in [0.717, 1.165) is 11.3 Å². The van der Waals surface area contributed by atoms with Gasteiger partial charge in [0.25, 0.3) is 0 Å². The maximum atomic E-state index is 12.2. The minimum Gasteiger partial charge on any atom is -0.483 e. The molecular weight excluding hydrogens is 396 g/mol. The molecule has 0 aliphatic carbocycles. The molecule has 0 fully saturated rings. The van der Waals surface area contributed by atoms with E-state index in [0.29, 0.717) is 21.8 Å². The number of aryl methyl sites for hydroxylation is 1. The van der Waals surface area contributed by atoms with Crippen LogP contribution in [0.1, 0.15) is 24.4 Å². The number of ether oxygens (including phenoxy) is 1. The summed E-state index contributed by atoms with van der Waals surface area (Å²) in [6, 6.07) is 14.9. The molecule has 0 spiro atoms. The number of hydrogen-bond acceptors (Lipinski definition) is 5. The molecule has 3 rings (SSSR count). The van der Waals surface area contributed by atoms with Crippen LogP contribution < -0.4 is 10.1 Å². The van der Waals surface area contributed by atoms with E-state index in [1.54, 1.807) is 12.1 Å². The van der Waals surface area contributed by atoms with Gasteiger partial charge in [-0.05, 0) is 44.2 Å². The highest BCUT2D eigenvalue weighted by Gasteiger charge is 2.18. The van der Waals surface area contributed by atoms with Crippen molar-refractivity contribution in [2.75, 3.05) is 11.1 Å². The van der Waals surface area contributed by atoms with E-state index in [4.69, 9.17) is 16.3 Å². The van der Waals surface area contributed by atoms with Gasteiger partial charge >= 0.3 is 0 Å². The van der Waals surface area contributed by atoms with E-state index in [-0.39, 0.29) is 17.8 Å². The van der Waals surface area contributed by atoms with E-state index in [2.05, 4.69) is 15.5 Å². The molecule has 1 N–H and O–H groups in total. The zero-order valence-electron chi connectivity index (χ0n) is 15.8. The topological polar surface area (TPSA) is 69.0 Å². The van der Waals surface area contributed by atoms with Crippen molar-refractivity contribution in [3.63, 3.8) is 0 Å². The van der Waals surface area contributed by atoms with Crippen LogP contribution in [0.2, 0.25) is 5.02 Å². The summed E-state index contributed by atoms with van der Waals surface area (Å²) in [7, 11) is 1.85. The molecule has 6 nitrogen and oxygen atoms in total. The number of anilines is 1. The largest absolute Gasteiger partial charge is 0.483 e. The SMILES string of the molecule is Cc1ccc(NC(=O)CSc2nnc(C(C)Oc3cccc(Cl)c3)n2C)cc1. The highest BCUT2D eigenvalue weighted by molar-refractivity contribution is 7.99. The van der Waals surface area contributed by atoms with Crippen molar-refractivity contribution >= 4 is 35.0 Å². The Morgan fingerprint density at radius 1 is 1.25 bits per heavy atom. The molecule has 1 heterocycles. The predicted molar refractivity (Wildman–Crippen MR) is 112 cm³/mol. The van der Waals surface area contributed by atoms with Gasteiger partial charge in [0.05, 0.1) is 5.75 Å². The van der Waals surface area contributed by atoms with E-state index in [9.17, 15) is 4.79 Å². The monoisotopic (exact) mass is 416 g/mol. The van der Waals surface area contributed by atoms with Crippen LogP contribution in [0.3, 0.4) is 0 Å². The quantitative estimate of drug-likeness (QED) is 0.568. The van der Waals surface area contributed by atoms with Crippen molar-refractivity contribution in [3.8, 4) is 5.75 Å². The van der Waals surface area contributed by atoms with Crippen molar-refractivity contribution < 1.29 is 9.53 Å². The van der Waals surface area contributed by atoms with Crippen molar-refractivity contribution in [1.82, 2.24) is 14.8 Å². The number of aromatic nitrogens is 3. The zero-order valence-corrected chi connectivity index (χ0v) is 17.4. The summed E-state index contributed by atoms with van der Waals surface area (Å²) in [5.41, 5.74) is 1.92. The predicted octanol–water partition coefficient (Wildman–Crippen LogP) is 4.65. The fourth-order valence-electron chi connectivity index (χ4n) is 2.57. The third-order valence-electron chi connectivity index (χ3n) is 4.01. The van der Waals surface area contributed by atoms with Crippen LogP contribution in [-0.2, 0) is 11.8 Å². The van der Waals surface area contributed by atoms with Crippen molar-refractivity contribution in [2.45, 2.75) is 25.1 Å². The third-order valence-corrected chi connectivity index (χ3v) is 5.26. The van der Waals surface area contributed by atoms with Crippen LogP contribution >= 0.6 is 23.4 Å². The first kappa shape index (κ1) is 20.2. The van der Waals surface area contributed by atoms with Gasteiger partial charge in [-0.15, -0.1) is 10.2 Å². The number of nitrogens with zero attached hydrogens (tertiary/aromatic N) is 3. The molecule has 28 heavy (non-hydrogen) atoms. The summed E-state index contributed by atoms with van der Waals surface area (Å²) in [5.74, 6) is 1.47. The van der Waals surface area contributed by atoms with Crippen molar-refractivity contribution in [3.05, 3.63) is 64.9 Å². The molecule has 0 radical (unpaired) electrons. The Bertz CT molecular complexity index is 959. The average molecular weight is 417 g/mol. The molecule has 8 heteroatoms. The fraction of sp³-hybridized carbons (Fsp3) is 0.250. The standard InChI is InChI=1S/C20H21ClN4O2S/c1-13-7-9-16(10-8-13)22-18(26)12-28-20-24-23-19(25(20)3)14(2)27-17-6-4-5-15(21)11-17/h4-11,14H,12H2,1-3H3,(H,22,26). The van der Waals surface area contributed by atoms with E-state index in [1.807, 2.05) is 61.9 Å². The number of benzene rings is 2. The number of amides is 1. The van der Waals surface area contributed by atoms with Gasteiger partial charge in [-0.2, -0.15) is 0 Å². The van der Waals surface area contributed by atoms with Crippen molar-refractivity contribution in [1.29, 1.82) is 0 Å². The minimum absolute atomic E-state index is 0.0957. The van der Waals surface area contributed by atoms with E-state index < -0.39 is 0 Å². The summed E-state index contributed by atoms with van der Waals surface area (Å²) in [6.07, 6.45) is -0.313. The lowest BCUT2D eigenvalue weighted by Crippen LogP contribution is -2.14. The number of halogens is 1. The van der Waals surface area contributed by atoms with E-state index in [1.165, 1.54) is 11.8 Å². The van der Waals surface area contributed by atoms with Gasteiger partial charge in [0.15, 0.2) is 17.1 Å². The molecule has 0 saturated carbocycles. The number of rotatable bonds is 7. The molecular formula is C20H21ClN4O2S. The molecule has 3 aromatic rings. The molecule has 0 saturated heterocycles. The maximum absolute atomic E-state index is 12.2. The summed E-state index contributed by atoms with van der Waals surface area (Å²) in [5, 5.41) is 12.5. The number of carbonyl (C=O) groups excluding carboxylic acids is 1. The summed E-state index contributed by atoms with van der Waals surface area (Å²) in [4.78, 5) is 12.2. The van der Waals surface area contributed by atoms with E-state index >= 15 is 0 Å². The van der Waals surface area contributed by atoms with Gasteiger partial charge in [-0.1, -0.05) is 47.1 Å². The van der Waals surface area contributed by atoms with Gasteiger partial charge in [0.2, 0.25) is 5.91 Å². The minimum atomic E-state index is -0.313. The van der Waals surface area contributed by atoms with Crippen LogP contribution in [0.25, 0.3) is 0 Å². The summed E-state index contributed by atoms with van der Waals surface area (Å²) >= 11 is 7.32. The van der Waals surface area contributed by atoms with Crippen LogP contribution in [0, 0.1) is 6.92 Å². The smallest absolute Gasteiger partial charge is 0.234 e. The van der Waals surface area contributed by atoms with Gasteiger partial charge < -0.3 is 14.6 Å². The normalized spacial score (nSPS) is 11.9. The zero-order chi connectivity index (χ0) is 20.1. The second-order valence-electron chi connectivity index (χ2n) is 6.32. The van der Waals surface area contributed by atoms with Gasteiger partial charge in [0.1, 0.15) is 5.75 Å². The number of nitrogens with one attached hydrogen (secondary N) is 1. The molecule has 2 aromatic carbocycles. The van der Waals surface area contributed by atoms with Gasteiger partial charge in [0, 0.05) is 17.8 Å². The Labute approximate surface area is 173 Å². The van der Waals surface area contributed by atoms with Crippen molar-refractivity contribution in [2.24, 2.45) is 7.05 Å². The molecule has 1 atom stereocenters. The molecule has 1 amide bonds. The Balaban J connectivity index is 1.57. The molecule has 0 aliphatic rings.